The van der Waals surface area contributed by atoms with E-state index in [0.29, 0.717) is 12.0 Å². The molecule has 3 nitrogen and oxygen atoms in total. The van der Waals surface area contributed by atoms with Crippen molar-refractivity contribution in [2.45, 2.75) is 57.0 Å². The maximum absolute atomic E-state index is 6.39. The number of benzene rings is 1. The third-order valence-corrected chi connectivity index (χ3v) is 5.91. The monoisotopic (exact) mass is 375 g/mol. The van der Waals surface area contributed by atoms with Gasteiger partial charge < -0.3 is 9.47 Å². The first-order valence-electron chi connectivity index (χ1n) is 10.4. The molecule has 0 spiro atoms. The Balaban J connectivity index is 1.64. The Hall–Kier alpha value is -2.55. The summed E-state index contributed by atoms with van der Waals surface area (Å²) in [4.78, 5) is 4.17. The van der Waals surface area contributed by atoms with Crippen molar-refractivity contribution >= 4 is 0 Å². The number of allylic oxidation sites excluding steroid dienone is 3. The van der Waals surface area contributed by atoms with Crippen LogP contribution in [-0.4, -0.2) is 18.2 Å². The van der Waals surface area contributed by atoms with Gasteiger partial charge in [-0.3, -0.25) is 4.98 Å². The van der Waals surface area contributed by atoms with Gasteiger partial charge in [0.2, 0.25) is 0 Å². The van der Waals surface area contributed by atoms with Gasteiger partial charge in [0.25, 0.3) is 0 Å². The van der Waals surface area contributed by atoms with Crippen LogP contribution in [0.3, 0.4) is 0 Å². The Morgan fingerprint density at radius 1 is 1.00 bits per heavy atom. The molecule has 1 aromatic carbocycles. The zero-order valence-corrected chi connectivity index (χ0v) is 16.6. The lowest BCUT2D eigenvalue weighted by Gasteiger charge is -2.27. The number of aromatic nitrogens is 1. The number of methoxy groups -OCH3 is 1. The Morgan fingerprint density at radius 3 is 2.46 bits per heavy atom. The molecule has 1 heterocycles. The molecule has 1 saturated carbocycles. The minimum absolute atomic E-state index is 0.337. The summed E-state index contributed by atoms with van der Waals surface area (Å²) in [6, 6.07) is 15.0. The molecular formula is C25H29NO2. The molecule has 2 aliphatic carbocycles. The van der Waals surface area contributed by atoms with Gasteiger partial charge in [-0.2, -0.15) is 0 Å². The molecule has 28 heavy (non-hydrogen) atoms. The molecule has 1 aromatic heterocycles. The van der Waals surface area contributed by atoms with Gasteiger partial charge in [0, 0.05) is 24.7 Å². The van der Waals surface area contributed by atoms with Gasteiger partial charge in [0.05, 0.1) is 13.2 Å². The van der Waals surface area contributed by atoms with Crippen molar-refractivity contribution in [3.63, 3.8) is 0 Å². The molecule has 2 aliphatic rings. The highest BCUT2D eigenvalue weighted by Gasteiger charge is 2.26. The maximum atomic E-state index is 6.39. The van der Waals surface area contributed by atoms with Crippen molar-refractivity contribution in [2.75, 3.05) is 7.11 Å². The van der Waals surface area contributed by atoms with Crippen molar-refractivity contribution in [3.8, 4) is 0 Å². The fourth-order valence-electron chi connectivity index (χ4n) is 4.37. The van der Waals surface area contributed by atoms with Crippen LogP contribution in [0.15, 0.2) is 78.0 Å². The largest absolute Gasteiger partial charge is 0.497 e. The minimum Gasteiger partial charge on any atom is -0.497 e. The smallest absolute Gasteiger partial charge is 0.157 e. The van der Waals surface area contributed by atoms with E-state index in [-0.39, 0.29) is 0 Å². The normalized spacial score (nSPS) is 18.7. The molecule has 0 amide bonds. The van der Waals surface area contributed by atoms with Crippen molar-refractivity contribution in [3.05, 3.63) is 89.2 Å². The van der Waals surface area contributed by atoms with Gasteiger partial charge in [-0.25, -0.2) is 0 Å². The maximum Gasteiger partial charge on any atom is 0.157 e. The van der Waals surface area contributed by atoms with Crippen LogP contribution in [0.4, 0.5) is 0 Å². The standard InChI is InChI=1S/C25H29NO2/c1-27-24-12-11-21(18-25(24)28-22-9-5-6-10-22)23(20-7-3-2-4-8-20)17-19-13-15-26-16-14-19/h2-4,7-8,13-16,18,22-23H,5-6,9-12,17H2,1H3/t23-/m1/s1. The second-order valence-electron chi connectivity index (χ2n) is 7.76. The SMILES string of the molecule is COC1=C(OC2CCCC2)C=C([C@H](Cc2ccncc2)c2ccccc2)CC1. The molecule has 0 aliphatic heterocycles. The summed E-state index contributed by atoms with van der Waals surface area (Å²) in [5.74, 6) is 2.28. The number of nitrogens with zero attached hydrogens (tertiary/aromatic N) is 1. The molecule has 0 saturated heterocycles. The molecule has 2 aromatic rings. The molecule has 146 valence electrons. The summed E-state index contributed by atoms with van der Waals surface area (Å²) in [6.07, 6.45) is 14.1. The molecule has 0 unspecified atom stereocenters. The number of pyridine rings is 1. The number of hydrogen-bond donors (Lipinski definition) is 0. The molecule has 0 bridgehead atoms. The van der Waals surface area contributed by atoms with Gasteiger partial charge in [-0.15, -0.1) is 0 Å². The van der Waals surface area contributed by atoms with E-state index in [1.807, 2.05) is 12.4 Å². The van der Waals surface area contributed by atoms with Crippen molar-refractivity contribution in [2.24, 2.45) is 0 Å². The third-order valence-electron chi connectivity index (χ3n) is 5.91. The van der Waals surface area contributed by atoms with Gasteiger partial charge in [0.15, 0.2) is 5.76 Å². The van der Waals surface area contributed by atoms with Gasteiger partial charge in [-0.1, -0.05) is 35.9 Å². The topological polar surface area (TPSA) is 31.4 Å². The van der Waals surface area contributed by atoms with E-state index in [2.05, 4.69) is 53.5 Å². The highest BCUT2D eigenvalue weighted by atomic mass is 16.5. The van der Waals surface area contributed by atoms with Crippen LogP contribution in [0, 0.1) is 0 Å². The summed E-state index contributed by atoms with van der Waals surface area (Å²) in [5, 5.41) is 0. The summed E-state index contributed by atoms with van der Waals surface area (Å²) < 4.78 is 12.1. The Kier molecular flexibility index (Phi) is 6.11. The fraction of sp³-hybridized carbons (Fsp3) is 0.400. The molecule has 0 radical (unpaired) electrons. The van der Waals surface area contributed by atoms with Crippen LogP contribution in [0.25, 0.3) is 0 Å². The van der Waals surface area contributed by atoms with E-state index in [0.717, 1.165) is 43.6 Å². The summed E-state index contributed by atoms with van der Waals surface area (Å²) >= 11 is 0. The van der Waals surface area contributed by atoms with E-state index in [9.17, 15) is 0 Å². The predicted molar refractivity (Wildman–Crippen MR) is 112 cm³/mol. The number of ether oxygens (including phenoxy) is 2. The first-order valence-corrected chi connectivity index (χ1v) is 10.4. The van der Waals surface area contributed by atoms with Crippen LogP contribution in [0.5, 0.6) is 0 Å². The van der Waals surface area contributed by atoms with E-state index in [4.69, 9.17) is 9.47 Å². The Morgan fingerprint density at radius 2 is 1.75 bits per heavy atom. The second kappa shape index (κ2) is 9.09. The second-order valence-corrected chi connectivity index (χ2v) is 7.76. The van der Waals surface area contributed by atoms with Gasteiger partial charge in [0.1, 0.15) is 5.76 Å². The predicted octanol–water partition coefficient (Wildman–Crippen LogP) is 5.95. The van der Waals surface area contributed by atoms with Crippen LogP contribution in [0.2, 0.25) is 0 Å². The third kappa shape index (κ3) is 4.46. The van der Waals surface area contributed by atoms with Crippen LogP contribution in [0.1, 0.15) is 55.6 Å². The van der Waals surface area contributed by atoms with Crippen LogP contribution >= 0.6 is 0 Å². The van der Waals surface area contributed by atoms with E-state index in [1.165, 1.54) is 29.5 Å². The van der Waals surface area contributed by atoms with Gasteiger partial charge >= 0.3 is 0 Å². The molecule has 0 N–H and O–H groups in total. The van der Waals surface area contributed by atoms with E-state index < -0.39 is 0 Å². The quantitative estimate of drug-likeness (QED) is 0.600. The summed E-state index contributed by atoms with van der Waals surface area (Å²) in [6.45, 7) is 0. The zero-order chi connectivity index (χ0) is 19.2. The minimum atomic E-state index is 0.337. The van der Waals surface area contributed by atoms with E-state index in [1.54, 1.807) is 7.11 Å². The first-order chi connectivity index (χ1) is 13.8. The van der Waals surface area contributed by atoms with Crippen LogP contribution in [-0.2, 0) is 15.9 Å². The van der Waals surface area contributed by atoms with Crippen molar-refractivity contribution < 1.29 is 9.47 Å². The lowest BCUT2D eigenvalue weighted by molar-refractivity contribution is 0.110. The van der Waals surface area contributed by atoms with Crippen molar-refractivity contribution in [1.82, 2.24) is 4.98 Å². The van der Waals surface area contributed by atoms with Gasteiger partial charge in [-0.05, 0) is 67.9 Å². The molecule has 4 rings (SSSR count). The highest BCUT2D eigenvalue weighted by molar-refractivity contribution is 5.38. The average molecular weight is 376 g/mol. The summed E-state index contributed by atoms with van der Waals surface area (Å²) in [5.41, 5.74) is 4.09. The van der Waals surface area contributed by atoms with E-state index >= 15 is 0 Å². The molecule has 1 fully saturated rings. The van der Waals surface area contributed by atoms with Crippen LogP contribution < -0.4 is 0 Å². The lowest BCUT2D eigenvalue weighted by Crippen LogP contribution is -2.15. The number of hydrogen-bond acceptors (Lipinski definition) is 3. The highest BCUT2D eigenvalue weighted by Crippen LogP contribution is 2.38. The lowest BCUT2D eigenvalue weighted by atomic mass is 9.82. The molecular weight excluding hydrogens is 346 g/mol. The molecule has 1 atom stereocenters. The Labute approximate surface area is 168 Å². The van der Waals surface area contributed by atoms with Crippen molar-refractivity contribution in [1.29, 1.82) is 0 Å². The number of rotatable bonds is 7. The fourth-order valence-corrected chi connectivity index (χ4v) is 4.37. The first kappa shape index (κ1) is 18.8. The Bertz CT molecular complexity index is 820. The average Bonchev–Trinajstić information content (AvgIpc) is 3.26. The summed E-state index contributed by atoms with van der Waals surface area (Å²) in [7, 11) is 1.76. The molecule has 3 heteroatoms. The zero-order valence-electron chi connectivity index (χ0n) is 16.6.